The van der Waals surface area contributed by atoms with Gasteiger partial charge in [-0.1, -0.05) is 18.2 Å². The highest BCUT2D eigenvalue weighted by Crippen LogP contribution is 2.24. The second-order valence-electron chi connectivity index (χ2n) is 7.13. The van der Waals surface area contributed by atoms with Gasteiger partial charge in [0.1, 0.15) is 0 Å². The number of carbonyl (C=O) groups is 1. The molecule has 0 saturated carbocycles. The quantitative estimate of drug-likeness (QED) is 0.816. The standard InChI is InChI=1S/C20H27N3O3/c1-22(14-16-12-17-6-3-4-7-18(17)21-13-16)15-20(25)8-5-9-23(19(20)24)10-11-26-2/h3-4,6-7,12-13,25H,5,8-11,14-15H2,1-2H3/t20-/m1/s1. The van der Waals surface area contributed by atoms with Crippen LogP contribution in [0.3, 0.4) is 0 Å². The summed E-state index contributed by atoms with van der Waals surface area (Å²) in [5.74, 6) is -0.190. The van der Waals surface area contributed by atoms with E-state index in [1.807, 2.05) is 42.4 Å². The SMILES string of the molecule is COCCN1CCC[C@@](O)(CN(C)Cc2cnc3ccccc3c2)C1=O. The Bertz CT molecular complexity index is 767. The summed E-state index contributed by atoms with van der Waals surface area (Å²) in [6, 6.07) is 10.1. The lowest BCUT2D eigenvalue weighted by Gasteiger charge is -2.40. The first kappa shape index (κ1) is 18.8. The zero-order valence-corrected chi connectivity index (χ0v) is 15.5. The zero-order valence-electron chi connectivity index (χ0n) is 15.5. The number of amides is 1. The monoisotopic (exact) mass is 357 g/mol. The predicted octanol–water partition coefficient (Wildman–Crippen LogP) is 1.67. The molecule has 1 aliphatic rings. The van der Waals surface area contributed by atoms with Crippen LogP contribution in [0.5, 0.6) is 0 Å². The van der Waals surface area contributed by atoms with Crippen molar-refractivity contribution in [1.82, 2.24) is 14.8 Å². The minimum absolute atomic E-state index is 0.190. The number of fused-ring (bicyclic) bond motifs is 1. The van der Waals surface area contributed by atoms with Crippen LogP contribution in [-0.2, 0) is 16.1 Å². The number of para-hydroxylation sites is 1. The van der Waals surface area contributed by atoms with Gasteiger partial charge in [-0.3, -0.25) is 14.7 Å². The highest BCUT2D eigenvalue weighted by atomic mass is 16.5. The molecule has 1 atom stereocenters. The molecule has 1 aliphatic heterocycles. The minimum Gasteiger partial charge on any atom is -0.383 e. The van der Waals surface area contributed by atoms with Gasteiger partial charge >= 0.3 is 0 Å². The average molecular weight is 357 g/mol. The molecule has 1 N–H and O–H groups in total. The summed E-state index contributed by atoms with van der Waals surface area (Å²) in [5, 5.41) is 12.0. The summed E-state index contributed by atoms with van der Waals surface area (Å²) in [7, 11) is 3.54. The van der Waals surface area contributed by atoms with Gasteiger partial charge in [-0.05, 0) is 37.6 Å². The van der Waals surface area contributed by atoms with Crippen LogP contribution in [0, 0.1) is 0 Å². The minimum atomic E-state index is -1.33. The Morgan fingerprint density at radius 2 is 2.19 bits per heavy atom. The first-order chi connectivity index (χ1) is 12.5. The van der Waals surface area contributed by atoms with Gasteiger partial charge in [-0.25, -0.2) is 0 Å². The summed E-state index contributed by atoms with van der Waals surface area (Å²) in [6.07, 6.45) is 3.16. The number of hydrogen-bond acceptors (Lipinski definition) is 5. The number of hydrogen-bond donors (Lipinski definition) is 1. The summed E-state index contributed by atoms with van der Waals surface area (Å²) < 4.78 is 5.06. The fourth-order valence-electron chi connectivity index (χ4n) is 3.64. The van der Waals surface area contributed by atoms with Gasteiger partial charge in [-0.15, -0.1) is 0 Å². The molecule has 6 heteroatoms. The number of piperidine rings is 1. The first-order valence-corrected chi connectivity index (χ1v) is 9.05. The fraction of sp³-hybridized carbons (Fsp3) is 0.500. The average Bonchev–Trinajstić information content (AvgIpc) is 2.63. The normalized spacial score (nSPS) is 20.9. The van der Waals surface area contributed by atoms with Crippen molar-refractivity contribution in [2.45, 2.75) is 25.0 Å². The lowest BCUT2D eigenvalue weighted by molar-refractivity contribution is -0.159. The van der Waals surface area contributed by atoms with Gasteiger partial charge in [0, 0.05) is 44.9 Å². The Kier molecular flexibility index (Phi) is 5.86. The smallest absolute Gasteiger partial charge is 0.255 e. The second kappa shape index (κ2) is 8.12. The van der Waals surface area contributed by atoms with E-state index < -0.39 is 5.60 Å². The molecule has 1 aromatic carbocycles. The van der Waals surface area contributed by atoms with E-state index in [0.717, 1.165) is 22.9 Å². The van der Waals surface area contributed by atoms with Crippen molar-refractivity contribution in [1.29, 1.82) is 0 Å². The van der Waals surface area contributed by atoms with Crippen molar-refractivity contribution in [2.75, 3.05) is 40.4 Å². The number of rotatable bonds is 7. The second-order valence-corrected chi connectivity index (χ2v) is 7.13. The Hall–Kier alpha value is -2.02. The van der Waals surface area contributed by atoms with Crippen molar-refractivity contribution in [3.05, 3.63) is 42.1 Å². The molecule has 0 radical (unpaired) electrons. The maximum Gasteiger partial charge on any atom is 0.255 e. The maximum absolute atomic E-state index is 12.7. The van der Waals surface area contributed by atoms with Crippen molar-refractivity contribution in [3.8, 4) is 0 Å². The number of ether oxygens (including phenoxy) is 1. The molecule has 0 unspecified atom stereocenters. The molecule has 0 aliphatic carbocycles. The Labute approximate surface area is 154 Å². The van der Waals surface area contributed by atoms with E-state index in [4.69, 9.17) is 4.74 Å². The summed E-state index contributed by atoms with van der Waals surface area (Å²) in [6.45, 7) is 2.63. The number of carbonyl (C=O) groups excluding carboxylic acids is 1. The molecule has 1 fully saturated rings. The topological polar surface area (TPSA) is 65.9 Å². The lowest BCUT2D eigenvalue weighted by atomic mass is 9.91. The molecule has 0 spiro atoms. The van der Waals surface area contributed by atoms with Gasteiger partial charge in [0.2, 0.25) is 0 Å². The number of aliphatic hydroxyl groups is 1. The van der Waals surface area contributed by atoms with Gasteiger partial charge in [-0.2, -0.15) is 0 Å². The molecule has 1 aromatic heterocycles. The molecule has 0 bridgehead atoms. The van der Waals surface area contributed by atoms with Gasteiger partial charge < -0.3 is 14.7 Å². The largest absolute Gasteiger partial charge is 0.383 e. The van der Waals surface area contributed by atoms with Gasteiger partial charge in [0.25, 0.3) is 5.91 Å². The molecular formula is C20H27N3O3. The van der Waals surface area contributed by atoms with Crippen molar-refractivity contribution < 1.29 is 14.6 Å². The molecule has 2 aromatic rings. The van der Waals surface area contributed by atoms with Crippen LogP contribution in [0.1, 0.15) is 18.4 Å². The Balaban J connectivity index is 1.65. The van der Waals surface area contributed by atoms with E-state index in [0.29, 0.717) is 39.2 Å². The molecular weight excluding hydrogens is 330 g/mol. The number of pyridine rings is 1. The molecule has 3 rings (SSSR count). The maximum atomic E-state index is 12.7. The third-order valence-electron chi connectivity index (χ3n) is 4.90. The van der Waals surface area contributed by atoms with Crippen LogP contribution in [-0.4, -0.2) is 71.8 Å². The van der Waals surface area contributed by atoms with E-state index in [-0.39, 0.29) is 5.91 Å². The summed E-state index contributed by atoms with van der Waals surface area (Å²) >= 11 is 0. The Morgan fingerprint density at radius 1 is 1.38 bits per heavy atom. The first-order valence-electron chi connectivity index (χ1n) is 9.05. The van der Waals surface area contributed by atoms with Crippen molar-refractivity contribution in [3.63, 3.8) is 0 Å². The number of benzene rings is 1. The van der Waals surface area contributed by atoms with Crippen LogP contribution in [0.4, 0.5) is 0 Å². The molecule has 6 nitrogen and oxygen atoms in total. The number of methoxy groups -OCH3 is 1. The van der Waals surface area contributed by atoms with Crippen LogP contribution in [0.15, 0.2) is 36.5 Å². The summed E-state index contributed by atoms with van der Waals surface area (Å²) in [4.78, 5) is 20.9. The lowest BCUT2D eigenvalue weighted by Crippen LogP contribution is -2.58. The highest BCUT2D eigenvalue weighted by Gasteiger charge is 2.42. The molecule has 1 amide bonds. The summed E-state index contributed by atoms with van der Waals surface area (Å²) in [5.41, 5.74) is 0.702. The number of nitrogens with zero attached hydrogens (tertiary/aromatic N) is 3. The van der Waals surface area contributed by atoms with E-state index >= 15 is 0 Å². The van der Waals surface area contributed by atoms with E-state index in [2.05, 4.69) is 11.1 Å². The predicted molar refractivity (Wildman–Crippen MR) is 101 cm³/mol. The van der Waals surface area contributed by atoms with Gasteiger partial charge in [0.05, 0.1) is 12.1 Å². The molecule has 1 saturated heterocycles. The molecule has 26 heavy (non-hydrogen) atoms. The van der Waals surface area contributed by atoms with Crippen LogP contribution < -0.4 is 0 Å². The molecule has 2 heterocycles. The van der Waals surface area contributed by atoms with Crippen molar-refractivity contribution in [2.24, 2.45) is 0 Å². The Morgan fingerprint density at radius 3 is 3.00 bits per heavy atom. The van der Waals surface area contributed by atoms with E-state index in [1.54, 1.807) is 12.0 Å². The number of aromatic nitrogens is 1. The van der Waals surface area contributed by atoms with Crippen LogP contribution in [0.25, 0.3) is 10.9 Å². The fourth-order valence-corrected chi connectivity index (χ4v) is 3.64. The zero-order chi connectivity index (χ0) is 18.6. The number of likely N-dealkylation sites (N-methyl/N-ethyl adjacent to an activating group) is 1. The third-order valence-corrected chi connectivity index (χ3v) is 4.90. The van der Waals surface area contributed by atoms with Crippen LogP contribution >= 0.6 is 0 Å². The van der Waals surface area contributed by atoms with E-state index in [9.17, 15) is 9.90 Å². The van der Waals surface area contributed by atoms with Crippen molar-refractivity contribution >= 4 is 16.8 Å². The number of likely N-dealkylation sites (tertiary alicyclic amines) is 1. The molecule has 140 valence electrons. The highest BCUT2D eigenvalue weighted by molar-refractivity contribution is 5.86. The van der Waals surface area contributed by atoms with E-state index in [1.165, 1.54) is 0 Å². The van der Waals surface area contributed by atoms with Gasteiger partial charge in [0.15, 0.2) is 5.60 Å². The third kappa shape index (κ3) is 4.20. The van der Waals surface area contributed by atoms with Crippen LogP contribution in [0.2, 0.25) is 0 Å².